The van der Waals surface area contributed by atoms with Gasteiger partial charge in [0.1, 0.15) is 29.6 Å². The molecule has 0 unspecified atom stereocenters. The number of nitrogens with zero attached hydrogens (tertiary/aromatic N) is 1. The van der Waals surface area contributed by atoms with Gasteiger partial charge >= 0.3 is 17.8 Å². The third-order valence-corrected chi connectivity index (χ3v) is 3.89. The maximum absolute atomic E-state index is 14.3. The van der Waals surface area contributed by atoms with E-state index in [-0.39, 0.29) is 33.8 Å². The predicted molar refractivity (Wildman–Crippen MR) is 95.2 cm³/mol. The average Bonchev–Trinajstić information content (AvgIpc) is 2.65. The quantitative estimate of drug-likeness (QED) is 0.313. The molecule has 0 saturated carbocycles. The van der Waals surface area contributed by atoms with Crippen LogP contribution < -0.4 is 16.0 Å². The number of H-pyrrole nitrogens is 1. The summed E-state index contributed by atoms with van der Waals surface area (Å²) in [6.07, 6.45) is -4.02. The van der Waals surface area contributed by atoms with Crippen LogP contribution in [-0.2, 0) is 20.4 Å². The molecule has 0 bridgehead atoms. The lowest BCUT2D eigenvalue weighted by Crippen LogP contribution is -2.36. The minimum Gasteiger partial charge on any atom is -0.497 e. The largest absolute Gasteiger partial charge is 0.497 e. The van der Waals surface area contributed by atoms with Crippen LogP contribution in [0.3, 0.4) is 0 Å². The van der Waals surface area contributed by atoms with E-state index < -0.39 is 40.6 Å². The van der Waals surface area contributed by atoms with Crippen molar-refractivity contribution >= 4 is 17.6 Å². The van der Waals surface area contributed by atoms with E-state index in [0.717, 1.165) is 19.3 Å². The lowest BCUT2D eigenvalue weighted by Gasteiger charge is -2.13. The molecule has 1 N–H and O–H groups in total. The van der Waals surface area contributed by atoms with Crippen molar-refractivity contribution in [1.82, 2.24) is 9.55 Å². The Morgan fingerprint density at radius 2 is 1.87 bits per heavy atom. The van der Waals surface area contributed by atoms with Crippen LogP contribution in [0.2, 0.25) is 5.02 Å². The molecular formula is C17H13ClF4N2O6. The number of benzene rings is 1. The molecule has 0 aliphatic heterocycles. The van der Waals surface area contributed by atoms with Gasteiger partial charge in [-0.25, -0.2) is 18.5 Å². The summed E-state index contributed by atoms with van der Waals surface area (Å²) in [5.74, 6) is -2.17. The number of hydrogen-bond donors (Lipinski definition) is 1. The highest BCUT2D eigenvalue weighted by Gasteiger charge is 2.33. The fraction of sp³-hybridized carbons (Fsp3) is 0.235. The first-order valence-electron chi connectivity index (χ1n) is 7.86. The summed E-state index contributed by atoms with van der Waals surface area (Å²) in [4.78, 5) is 36.8. The lowest BCUT2D eigenvalue weighted by molar-refractivity contribution is -0.141. The van der Waals surface area contributed by atoms with Gasteiger partial charge in [0.25, 0.3) is 5.56 Å². The van der Waals surface area contributed by atoms with Crippen molar-refractivity contribution in [2.24, 2.45) is 0 Å². The molecule has 0 saturated heterocycles. The molecule has 30 heavy (non-hydrogen) atoms. The Morgan fingerprint density at radius 3 is 2.40 bits per heavy atom. The van der Waals surface area contributed by atoms with Gasteiger partial charge in [-0.1, -0.05) is 11.6 Å². The summed E-state index contributed by atoms with van der Waals surface area (Å²) in [5, 5.41) is -0.277. The molecule has 0 atom stereocenters. The molecule has 1 heterocycles. The summed E-state index contributed by atoms with van der Waals surface area (Å²) in [7, 11) is 2.37. The second-order valence-electron chi connectivity index (χ2n) is 5.52. The minimum atomic E-state index is -4.98. The first kappa shape index (κ1) is 23.0. The van der Waals surface area contributed by atoms with E-state index in [2.05, 4.69) is 4.74 Å². The van der Waals surface area contributed by atoms with Gasteiger partial charge in [-0.2, -0.15) is 13.2 Å². The Morgan fingerprint density at radius 1 is 1.20 bits per heavy atom. The normalized spacial score (nSPS) is 11.9. The highest BCUT2D eigenvalue weighted by molar-refractivity contribution is 6.32. The van der Waals surface area contributed by atoms with E-state index in [4.69, 9.17) is 21.1 Å². The highest BCUT2D eigenvalue weighted by Crippen LogP contribution is 2.30. The minimum absolute atomic E-state index is 0.00617. The molecule has 0 aliphatic rings. The number of ether oxygens (including phenoxy) is 3. The summed E-state index contributed by atoms with van der Waals surface area (Å²) in [6, 6.07) is 1.65. The second kappa shape index (κ2) is 9.03. The zero-order valence-corrected chi connectivity index (χ0v) is 16.1. The van der Waals surface area contributed by atoms with Crippen molar-refractivity contribution < 1.29 is 36.6 Å². The van der Waals surface area contributed by atoms with Crippen LogP contribution >= 0.6 is 11.6 Å². The van der Waals surface area contributed by atoms with E-state index >= 15 is 0 Å². The number of carbonyl (C=O) groups excluding carboxylic acids is 1. The zero-order valence-electron chi connectivity index (χ0n) is 15.3. The number of aromatic amines is 1. The molecule has 0 fully saturated rings. The number of aromatic nitrogens is 2. The van der Waals surface area contributed by atoms with E-state index in [9.17, 15) is 31.9 Å². The van der Waals surface area contributed by atoms with E-state index in [0.29, 0.717) is 6.07 Å². The van der Waals surface area contributed by atoms with Crippen molar-refractivity contribution in [2.75, 3.05) is 20.8 Å². The third kappa shape index (κ3) is 5.20. The van der Waals surface area contributed by atoms with Crippen LogP contribution in [0.15, 0.2) is 39.6 Å². The number of rotatable bonds is 6. The van der Waals surface area contributed by atoms with Crippen LogP contribution in [0.5, 0.6) is 5.75 Å². The monoisotopic (exact) mass is 452 g/mol. The predicted octanol–water partition coefficient (Wildman–Crippen LogP) is 2.42. The van der Waals surface area contributed by atoms with Crippen LogP contribution in [0, 0.1) is 5.82 Å². The summed E-state index contributed by atoms with van der Waals surface area (Å²) in [6.45, 7) is -0.380. The van der Waals surface area contributed by atoms with Crippen molar-refractivity contribution in [3.8, 4) is 11.4 Å². The molecule has 13 heteroatoms. The molecule has 162 valence electrons. The average molecular weight is 453 g/mol. The molecule has 8 nitrogen and oxygen atoms in total. The van der Waals surface area contributed by atoms with E-state index in [1.807, 2.05) is 0 Å². The first-order chi connectivity index (χ1) is 14.0. The van der Waals surface area contributed by atoms with E-state index in [1.165, 1.54) is 12.1 Å². The smallest absolute Gasteiger partial charge is 0.431 e. The van der Waals surface area contributed by atoms with Crippen molar-refractivity contribution in [2.45, 2.75) is 6.18 Å². The fourth-order valence-electron chi connectivity index (χ4n) is 2.18. The Balaban J connectivity index is 2.48. The topological polar surface area (TPSA) is 99.6 Å². The number of hydrogen-bond acceptors (Lipinski definition) is 6. The molecular weight excluding hydrogens is 440 g/mol. The number of carbonyl (C=O) groups is 1. The molecule has 1 aromatic heterocycles. The van der Waals surface area contributed by atoms with Gasteiger partial charge in [-0.15, -0.1) is 0 Å². The Hall–Kier alpha value is -3.28. The van der Waals surface area contributed by atoms with Gasteiger partial charge in [0.05, 0.1) is 31.0 Å². The maximum atomic E-state index is 14.3. The molecule has 2 aromatic rings. The van der Waals surface area contributed by atoms with Gasteiger partial charge in [0.2, 0.25) is 0 Å². The van der Waals surface area contributed by atoms with Gasteiger partial charge in [-0.3, -0.25) is 4.79 Å². The Labute approximate surface area is 170 Å². The van der Waals surface area contributed by atoms with Crippen LogP contribution in [-0.4, -0.2) is 36.3 Å². The molecule has 0 amide bonds. The summed E-state index contributed by atoms with van der Waals surface area (Å²) >= 11 is 5.87. The van der Waals surface area contributed by atoms with Gasteiger partial charge in [0, 0.05) is 12.1 Å². The zero-order chi connectivity index (χ0) is 22.6. The SMILES string of the molecule is COC(=O)C=C(COc1cc(-n2c(=O)cc(C(F)(F)F)[nH]c2=O)c(F)cc1Cl)OC. The maximum Gasteiger partial charge on any atom is 0.431 e. The lowest BCUT2D eigenvalue weighted by atomic mass is 10.2. The highest BCUT2D eigenvalue weighted by atomic mass is 35.5. The van der Waals surface area contributed by atoms with Gasteiger partial charge < -0.3 is 19.2 Å². The van der Waals surface area contributed by atoms with Crippen LogP contribution in [0.4, 0.5) is 17.6 Å². The molecule has 1 aromatic carbocycles. The number of nitrogens with one attached hydrogen (secondary N) is 1. The second-order valence-corrected chi connectivity index (χ2v) is 5.93. The fourth-order valence-corrected chi connectivity index (χ4v) is 2.38. The van der Waals surface area contributed by atoms with E-state index in [1.54, 1.807) is 0 Å². The first-order valence-corrected chi connectivity index (χ1v) is 8.24. The number of methoxy groups -OCH3 is 2. The van der Waals surface area contributed by atoms with Crippen molar-refractivity contribution in [1.29, 1.82) is 0 Å². The summed E-state index contributed by atoms with van der Waals surface area (Å²) < 4.78 is 67.3. The van der Waals surface area contributed by atoms with Gasteiger partial charge in [-0.05, 0) is 6.07 Å². The standard InChI is InChI=1S/C17H13ClF4N2O6/c1-28-8(3-15(26)29-2)7-30-12-5-11(10(19)4-9(12)18)24-14(25)6-13(17(20,21)22)23-16(24)27/h3-6H,7H2,1-2H3,(H,23,27). The molecule has 0 spiro atoms. The molecule has 0 radical (unpaired) electrons. The Kier molecular flexibility index (Phi) is 6.92. The van der Waals surface area contributed by atoms with Crippen LogP contribution in [0.1, 0.15) is 5.69 Å². The third-order valence-electron chi connectivity index (χ3n) is 3.59. The Bertz CT molecular complexity index is 1080. The summed E-state index contributed by atoms with van der Waals surface area (Å²) in [5.41, 5.74) is -5.24. The molecule has 0 aliphatic carbocycles. The number of esters is 1. The number of halogens is 5. The van der Waals surface area contributed by atoms with Crippen molar-refractivity contribution in [3.05, 3.63) is 67.4 Å². The van der Waals surface area contributed by atoms with Crippen molar-refractivity contribution in [3.63, 3.8) is 0 Å². The van der Waals surface area contributed by atoms with Gasteiger partial charge in [0.15, 0.2) is 0 Å². The van der Waals surface area contributed by atoms with Crippen LogP contribution in [0.25, 0.3) is 5.69 Å². The molecule has 2 rings (SSSR count). The number of alkyl halides is 3.